The maximum Gasteiger partial charge on any atom is 0.148 e. The van der Waals surface area contributed by atoms with E-state index in [-0.39, 0.29) is 12.4 Å². The van der Waals surface area contributed by atoms with Crippen LogP contribution in [0, 0.1) is 5.82 Å². The van der Waals surface area contributed by atoms with Crippen LogP contribution in [0.3, 0.4) is 0 Å². The molecule has 0 unspecified atom stereocenters. The van der Waals surface area contributed by atoms with Crippen LogP contribution in [0.5, 0.6) is 5.75 Å². The van der Waals surface area contributed by atoms with Crippen molar-refractivity contribution in [2.24, 2.45) is 0 Å². The highest BCUT2D eigenvalue weighted by Gasteiger charge is 2.16. The Morgan fingerprint density at radius 2 is 2.00 bits per heavy atom. The molecule has 0 spiro atoms. The van der Waals surface area contributed by atoms with Gasteiger partial charge in [0.1, 0.15) is 23.9 Å². The molecule has 0 radical (unpaired) electrons. The zero-order valence-electron chi connectivity index (χ0n) is 14.5. The molecule has 8 heteroatoms. The number of morpholine rings is 1. The topological polar surface area (TPSA) is 52.4 Å². The second-order valence-corrected chi connectivity index (χ2v) is 6.57. The molecule has 0 N–H and O–H groups in total. The number of ether oxygens (including phenoxy) is 2. The molecule has 1 aliphatic rings. The van der Waals surface area contributed by atoms with Crippen molar-refractivity contribution in [3.63, 3.8) is 0 Å². The highest BCUT2D eigenvalue weighted by atomic mass is 35.5. The lowest BCUT2D eigenvalue weighted by Crippen LogP contribution is -2.36. The first-order chi connectivity index (χ1) is 13.2. The summed E-state index contributed by atoms with van der Waals surface area (Å²) in [6, 6.07) is 12.2. The van der Waals surface area contributed by atoms with Gasteiger partial charge in [-0.25, -0.2) is 9.07 Å². The van der Waals surface area contributed by atoms with Crippen LogP contribution in [-0.4, -0.2) is 41.3 Å². The van der Waals surface area contributed by atoms with Crippen molar-refractivity contribution in [3.8, 4) is 11.4 Å². The van der Waals surface area contributed by atoms with E-state index in [1.165, 1.54) is 10.7 Å². The van der Waals surface area contributed by atoms with Crippen LogP contribution in [-0.2, 0) is 11.3 Å². The molecule has 1 fully saturated rings. The standard InChI is InChI=1S/C19H18ClFN4O2/c20-14-2-1-3-17(10-14)27-13-15-12-25(23-22-15)16-4-5-19(18(21)11-16)24-6-8-26-9-7-24/h1-5,10-12H,6-9,13H2. The van der Waals surface area contributed by atoms with Gasteiger partial charge >= 0.3 is 0 Å². The summed E-state index contributed by atoms with van der Waals surface area (Å²) in [5, 5.41) is 8.74. The number of hydrogen-bond donors (Lipinski definition) is 0. The summed E-state index contributed by atoms with van der Waals surface area (Å²) < 4.78 is 27.0. The summed E-state index contributed by atoms with van der Waals surface area (Å²) in [6.45, 7) is 2.84. The number of rotatable bonds is 5. The summed E-state index contributed by atoms with van der Waals surface area (Å²) in [4.78, 5) is 1.98. The van der Waals surface area contributed by atoms with E-state index < -0.39 is 0 Å². The molecular weight excluding hydrogens is 371 g/mol. The van der Waals surface area contributed by atoms with Gasteiger partial charge in [-0.15, -0.1) is 5.10 Å². The van der Waals surface area contributed by atoms with Gasteiger partial charge in [-0.3, -0.25) is 0 Å². The van der Waals surface area contributed by atoms with E-state index in [4.69, 9.17) is 21.1 Å². The molecule has 0 atom stereocenters. The molecule has 0 aliphatic carbocycles. The summed E-state index contributed by atoms with van der Waals surface area (Å²) in [5.41, 5.74) is 1.81. The minimum atomic E-state index is -0.290. The molecule has 4 rings (SSSR count). The second kappa shape index (κ2) is 7.94. The number of anilines is 1. The number of hydrogen-bond acceptors (Lipinski definition) is 5. The molecule has 27 heavy (non-hydrogen) atoms. The van der Waals surface area contributed by atoms with Gasteiger partial charge in [0.15, 0.2) is 0 Å². The highest BCUT2D eigenvalue weighted by Crippen LogP contribution is 2.23. The lowest BCUT2D eigenvalue weighted by Gasteiger charge is -2.29. The normalized spacial score (nSPS) is 14.4. The van der Waals surface area contributed by atoms with Crippen molar-refractivity contribution in [2.75, 3.05) is 31.2 Å². The monoisotopic (exact) mass is 388 g/mol. The van der Waals surface area contributed by atoms with Gasteiger partial charge in [-0.1, -0.05) is 22.9 Å². The van der Waals surface area contributed by atoms with Crippen molar-refractivity contribution >= 4 is 17.3 Å². The number of benzene rings is 2. The van der Waals surface area contributed by atoms with E-state index in [0.29, 0.717) is 54.1 Å². The Hall–Kier alpha value is -2.64. The number of nitrogens with zero attached hydrogens (tertiary/aromatic N) is 4. The van der Waals surface area contributed by atoms with Crippen molar-refractivity contribution in [1.82, 2.24) is 15.0 Å². The summed E-state index contributed by atoms with van der Waals surface area (Å²) in [5.74, 6) is 0.361. The highest BCUT2D eigenvalue weighted by molar-refractivity contribution is 6.30. The first kappa shape index (κ1) is 17.8. The summed E-state index contributed by atoms with van der Waals surface area (Å²) in [6.07, 6.45) is 1.72. The van der Waals surface area contributed by atoms with Gasteiger partial charge in [0.25, 0.3) is 0 Å². The van der Waals surface area contributed by atoms with Crippen LogP contribution in [0.1, 0.15) is 5.69 Å². The van der Waals surface area contributed by atoms with Crippen LogP contribution in [0.2, 0.25) is 5.02 Å². The van der Waals surface area contributed by atoms with Gasteiger partial charge in [-0.2, -0.15) is 0 Å². The predicted octanol–water partition coefficient (Wildman–Crippen LogP) is 3.48. The number of halogens is 2. The van der Waals surface area contributed by atoms with Gasteiger partial charge in [0, 0.05) is 24.2 Å². The van der Waals surface area contributed by atoms with Crippen molar-refractivity contribution in [3.05, 3.63) is 65.2 Å². The molecule has 0 amide bonds. The van der Waals surface area contributed by atoms with E-state index in [1.807, 2.05) is 23.1 Å². The molecular formula is C19H18ClFN4O2. The van der Waals surface area contributed by atoms with Gasteiger partial charge < -0.3 is 14.4 Å². The van der Waals surface area contributed by atoms with Crippen molar-refractivity contribution in [1.29, 1.82) is 0 Å². The minimum Gasteiger partial charge on any atom is -0.487 e. The van der Waals surface area contributed by atoms with Gasteiger partial charge in [0.2, 0.25) is 0 Å². The Morgan fingerprint density at radius 3 is 2.78 bits per heavy atom. The number of aromatic nitrogens is 3. The average molecular weight is 389 g/mol. The SMILES string of the molecule is Fc1cc(-n2cc(COc3cccc(Cl)c3)nn2)ccc1N1CCOCC1. The Morgan fingerprint density at radius 1 is 1.15 bits per heavy atom. The smallest absolute Gasteiger partial charge is 0.148 e. The van der Waals surface area contributed by atoms with Gasteiger partial charge in [0.05, 0.1) is 30.8 Å². The van der Waals surface area contributed by atoms with E-state index in [9.17, 15) is 4.39 Å². The Bertz CT molecular complexity index is 928. The Kier molecular flexibility index (Phi) is 5.22. The first-order valence-corrected chi connectivity index (χ1v) is 8.99. The fraction of sp³-hybridized carbons (Fsp3) is 0.263. The van der Waals surface area contributed by atoms with Crippen LogP contribution < -0.4 is 9.64 Å². The van der Waals surface area contributed by atoms with E-state index >= 15 is 0 Å². The van der Waals surface area contributed by atoms with Crippen molar-refractivity contribution in [2.45, 2.75) is 6.61 Å². The maximum atomic E-state index is 14.6. The lowest BCUT2D eigenvalue weighted by molar-refractivity contribution is 0.122. The molecule has 140 valence electrons. The van der Waals surface area contributed by atoms with Crippen LogP contribution in [0.15, 0.2) is 48.7 Å². The maximum absolute atomic E-state index is 14.6. The molecule has 3 aromatic rings. The molecule has 0 bridgehead atoms. The largest absolute Gasteiger partial charge is 0.487 e. The molecule has 0 saturated carbocycles. The minimum absolute atomic E-state index is 0.245. The third-order valence-electron chi connectivity index (χ3n) is 4.27. The third kappa shape index (κ3) is 4.20. The van der Waals surface area contributed by atoms with Crippen LogP contribution in [0.25, 0.3) is 5.69 Å². The molecule has 2 heterocycles. The zero-order chi connectivity index (χ0) is 18.6. The predicted molar refractivity (Wildman–Crippen MR) is 100 cm³/mol. The molecule has 6 nitrogen and oxygen atoms in total. The van der Waals surface area contributed by atoms with Crippen molar-refractivity contribution < 1.29 is 13.9 Å². The zero-order valence-corrected chi connectivity index (χ0v) is 15.3. The second-order valence-electron chi connectivity index (χ2n) is 6.14. The lowest BCUT2D eigenvalue weighted by atomic mass is 10.2. The molecule has 1 aliphatic heterocycles. The fourth-order valence-corrected chi connectivity index (χ4v) is 3.08. The van der Waals surface area contributed by atoms with Crippen LogP contribution >= 0.6 is 11.6 Å². The molecule has 1 aromatic heterocycles. The quantitative estimate of drug-likeness (QED) is 0.669. The Balaban J connectivity index is 1.45. The Labute approximate surface area is 161 Å². The fourth-order valence-electron chi connectivity index (χ4n) is 2.90. The summed E-state index contributed by atoms with van der Waals surface area (Å²) in [7, 11) is 0. The van der Waals surface area contributed by atoms with Crippen LogP contribution in [0.4, 0.5) is 10.1 Å². The third-order valence-corrected chi connectivity index (χ3v) is 4.51. The average Bonchev–Trinajstić information content (AvgIpc) is 3.16. The first-order valence-electron chi connectivity index (χ1n) is 8.61. The van der Waals surface area contributed by atoms with Gasteiger partial charge in [-0.05, 0) is 30.3 Å². The van der Waals surface area contributed by atoms with E-state index in [0.717, 1.165) is 0 Å². The van der Waals surface area contributed by atoms with E-state index in [1.54, 1.807) is 24.4 Å². The molecule has 2 aromatic carbocycles. The van der Waals surface area contributed by atoms with E-state index in [2.05, 4.69) is 10.3 Å². The summed E-state index contributed by atoms with van der Waals surface area (Å²) >= 11 is 5.94. The molecule has 1 saturated heterocycles.